The van der Waals surface area contributed by atoms with Gasteiger partial charge >= 0.3 is 5.97 Å². The molecule has 0 bridgehead atoms. The Morgan fingerprint density at radius 3 is 3.00 bits per heavy atom. The fourth-order valence-electron chi connectivity index (χ4n) is 2.40. The van der Waals surface area contributed by atoms with Crippen LogP contribution >= 0.6 is 0 Å². The molecule has 0 aromatic rings. The van der Waals surface area contributed by atoms with Crippen molar-refractivity contribution >= 4 is 11.8 Å². The van der Waals surface area contributed by atoms with Gasteiger partial charge in [-0.05, 0) is 18.6 Å². The van der Waals surface area contributed by atoms with Gasteiger partial charge in [-0.15, -0.1) is 0 Å². The van der Waals surface area contributed by atoms with Crippen LogP contribution in [0.3, 0.4) is 0 Å². The quantitative estimate of drug-likeness (QED) is 0.511. The van der Waals surface area contributed by atoms with Gasteiger partial charge in [-0.25, -0.2) is 4.79 Å². The van der Waals surface area contributed by atoms with Crippen LogP contribution in [0.25, 0.3) is 0 Å². The average Bonchev–Trinajstić information content (AvgIpc) is 2.42. The van der Waals surface area contributed by atoms with Crippen LogP contribution in [-0.4, -0.2) is 17.4 Å². The number of ketones is 1. The number of allylic oxidation sites excluding steroid dienone is 1. The summed E-state index contributed by atoms with van der Waals surface area (Å²) < 4.78 is 5.38. The van der Waals surface area contributed by atoms with Crippen molar-refractivity contribution in [2.45, 2.75) is 31.8 Å². The second-order valence-electron chi connectivity index (χ2n) is 4.18. The fourth-order valence-corrected chi connectivity index (χ4v) is 2.40. The zero-order valence-corrected chi connectivity index (χ0v) is 8.79. The Morgan fingerprint density at radius 2 is 2.33 bits per heavy atom. The lowest BCUT2D eigenvalue weighted by Crippen LogP contribution is -2.37. The van der Waals surface area contributed by atoms with Crippen molar-refractivity contribution in [3.63, 3.8) is 0 Å². The van der Waals surface area contributed by atoms with E-state index in [9.17, 15) is 9.59 Å². The summed E-state index contributed by atoms with van der Waals surface area (Å²) in [7, 11) is 0. The summed E-state index contributed by atoms with van der Waals surface area (Å²) in [5.74, 6) is -0.457. The normalized spacial score (nSPS) is 34.2. The Morgan fingerprint density at radius 1 is 1.60 bits per heavy atom. The maximum Gasteiger partial charge on any atom is 0.334 e. The van der Waals surface area contributed by atoms with E-state index in [4.69, 9.17) is 4.74 Å². The minimum atomic E-state index is -0.586. The van der Waals surface area contributed by atoms with Crippen molar-refractivity contribution < 1.29 is 14.3 Å². The molecule has 0 N–H and O–H groups in total. The highest BCUT2D eigenvalue weighted by Crippen LogP contribution is 2.44. The maximum absolute atomic E-state index is 11.5. The maximum atomic E-state index is 11.5. The first-order valence-electron chi connectivity index (χ1n) is 5.23. The molecular formula is C12H14O3. The third-order valence-electron chi connectivity index (χ3n) is 3.15. The van der Waals surface area contributed by atoms with E-state index in [-0.39, 0.29) is 17.7 Å². The monoisotopic (exact) mass is 206 g/mol. The number of fused-ring (bicyclic) bond motifs is 1. The van der Waals surface area contributed by atoms with Gasteiger partial charge in [0.15, 0.2) is 5.78 Å². The van der Waals surface area contributed by atoms with E-state index in [1.54, 1.807) is 6.08 Å². The highest BCUT2D eigenvalue weighted by atomic mass is 16.6. The molecule has 1 heterocycles. The van der Waals surface area contributed by atoms with Crippen molar-refractivity contribution in [3.8, 4) is 0 Å². The Labute approximate surface area is 88.8 Å². The molecule has 0 unspecified atom stereocenters. The molecule has 2 atom stereocenters. The predicted molar refractivity (Wildman–Crippen MR) is 55.1 cm³/mol. The fraction of sp³-hybridized carbons (Fsp3) is 0.500. The lowest BCUT2D eigenvalue weighted by Gasteiger charge is -2.32. The van der Waals surface area contributed by atoms with Crippen LogP contribution in [0.15, 0.2) is 24.3 Å². The molecule has 1 fully saturated rings. The molecule has 15 heavy (non-hydrogen) atoms. The lowest BCUT2D eigenvalue weighted by atomic mass is 9.75. The minimum absolute atomic E-state index is 0.0474. The van der Waals surface area contributed by atoms with E-state index >= 15 is 0 Å². The van der Waals surface area contributed by atoms with Crippen LogP contribution in [0.1, 0.15) is 26.2 Å². The SMILES string of the molecule is C=C1C(=O)O[C@@]2(CCC)C=CC(=O)C[C@@H]12. The van der Waals surface area contributed by atoms with Crippen LogP contribution in [0, 0.1) is 5.92 Å². The summed E-state index contributed by atoms with van der Waals surface area (Å²) >= 11 is 0. The van der Waals surface area contributed by atoms with E-state index in [2.05, 4.69) is 6.58 Å². The molecule has 1 saturated heterocycles. The second kappa shape index (κ2) is 3.33. The van der Waals surface area contributed by atoms with Crippen LogP contribution in [0.4, 0.5) is 0 Å². The number of carbonyl (C=O) groups is 2. The zero-order chi connectivity index (χ0) is 11.1. The summed E-state index contributed by atoms with van der Waals surface area (Å²) in [5.41, 5.74) is -0.141. The number of hydrogen-bond acceptors (Lipinski definition) is 3. The molecule has 0 spiro atoms. The van der Waals surface area contributed by atoms with E-state index in [1.807, 2.05) is 6.92 Å². The third kappa shape index (κ3) is 1.42. The standard InChI is InChI=1S/C12H14O3/c1-3-5-12-6-4-9(13)7-10(12)8(2)11(14)15-12/h4,6,10H,2-3,5,7H2,1H3/t10-,12-/m0/s1. The van der Waals surface area contributed by atoms with Crippen molar-refractivity contribution in [2.75, 3.05) is 0 Å². The third-order valence-corrected chi connectivity index (χ3v) is 3.15. The summed E-state index contributed by atoms with van der Waals surface area (Å²) in [5, 5.41) is 0. The van der Waals surface area contributed by atoms with Gasteiger partial charge in [0.25, 0.3) is 0 Å². The molecule has 0 amide bonds. The average molecular weight is 206 g/mol. The van der Waals surface area contributed by atoms with Gasteiger partial charge in [0.05, 0.1) is 0 Å². The molecule has 2 rings (SSSR count). The highest BCUT2D eigenvalue weighted by molar-refractivity contribution is 5.97. The van der Waals surface area contributed by atoms with Gasteiger partial charge in [0.1, 0.15) is 5.60 Å². The molecule has 3 heteroatoms. The minimum Gasteiger partial charge on any atom is -0.451 e. The first-order chi connectivity index (χ1) is 7.09. The van der Waals surface area contributed by atoms with Crippen molar-refractivity contribution in [1.29, 1.82) is 0 Å². The topological polar surface area (TPSA) is 43.4 Å². The van der Waals surface area contributed by atoms with E-state index in [0.29, 0.717) is 12.0 Å². The summed E-state index contributed by atoms with van der Waals surface area (Å²) in [6, 6.07) is 0. The summed E-state index contributed by atoms with van der Waals surface area (Å²) in [6.45, 7) is 5.75. The number of ether oxygens (including phenoxy) is 1. The lowest BCUT2D eigenvalue weighted by molar-refractivity contribution is -0.145. The zero-order valence-electron chi connectivity index (χ0n) is 8.79. The number of carbonyl (C=O) groups excluding carboxylic acids is 2. The number of hydrogen-bond donors (Lipinski definition) is 0. The summed E-state index contributed by atoms with van der Waals surface area (Å²) in [4.78, 5) is 22.8. The molecule has 0 saturated carbocycles. The Balaban J connectivity index is 2.39. The van der Waals surface area contributed by atoms with Crippen molar-refractivity contribution in [1.82, 2.24) is 0 Å². The Kier molecular flexibility index (Phi) is 2.25. The van der Waals surface area contributed by atoms with Gasteiger partial charge in [-0.3, -0.25) is 4.79 Å². The Hall–Kier alpha value is -1.38. The molecule has 1 aliphatic heterocycles. The largest absolute Gasteiger partial charge is 0.451 e. The first-order valence-corrected chi connectivity index (χ1v) is 5.23. The number of esters is 1. The van der Waals surface area contributed by atoms with E-state index in [1.165, 1.54) is 6.08 Å². The van der Waals surface area contributed by atoms with E-state index in [0.717, 1.165) is 12.8 Å². The van der Waals surface area contributed by atoms with Crippen LogP contribution < -0.4 is 0 Å². The highest BCUT2D eigenvalue weighted by Gasteiger charge is 2.51. The van der Waals surface area contributed by atoms with Crippen LogP contribution in [0.5, 0.6) is 0 Å². The first kappa shape index (κ1) is 10.1. The van der Waals surface area contributed by atoms with Crippen molar-refractivity contribution in [3.05, 3.63) is 24.3 Å². The van der Waals surface area contributed by atoms with Gasteiger partial charge < -0.3 is 4.74 Å². The smallest absolute Gasteiger partial charge is 0.334 e. The van der Waals surface area contributed by atoms with Gasteiger partial charge in [-0.2, -0.15) is 0 Å². The summed E-state index contributed by atoms with van der Waals surface area (Å²) in [6.07, 6.45) is 5.28. The molecule has 2 aliphatic rings. The number of rotatable bonds is 2. The second-order valence-corrected chi connectivity index (χ2v) is 4.18. The van der Waals surface area contributed by atoms with E-state index < -0.39 is 5.60 Å². The molecule has 0 aromatic heterocycles. The van der Waals surface area contributed by atoms with Crippen molar-refractivity contribution in [2.24, 2.45) is 5.92 Å². The molecule has 1 aliphatic carbocycles. The molecule has 0 aromatic carbocycles. The molecule has 0 radical (unpaired) electrons. The predicted octanol–water partition coefficient (Wildman–Crippen LogP) is 1.78. The van der Waals surface area contributed by atoms with Gasteiger partial charge in [0, 0.05) is 17.9 Å². The van der Waals surface area contributed by atoms with Gasteiger partial charge in [-0.1, -0.05) is 19.9 Å². The van der Waals surface area contributed by atoms with Gasteiger partial charge in [0.2, 0.25) is 0 Å². The molecule has 80 valence electrons. The van der Waals surface area contributed by atoms with Crippen LogP contribution in [-0.2, 0) is 14.3 Å². The Bertz CT molecular complexity index is 367. The molecular weight excluding hydrogens is 192 g/mol. The molecule has 3 nitrogen and oxygen atoms in total. The van der Waals surface area contributed by atoms with Crippen LogP contribution in [0.2, 0.25) is 0 Å².